The molecule has 4 aromatic rings. The van der Waals surface area contributed by atoms with Crippen LogP contribution in [0.1, 0.15) is 11.1 Å². The van der Waals surface area contributed by atoms with Crippen molar-refractivity contribution in [2.75, 3.05) is 14.2 Å². The fourth-order valence-electron chi connectivity index (χ4n) is 3.43. The van der Waals surface area contributed by atoms with E-state index in [0.717, 1.165) is 11.3 Å². The molecule has 0 aliphatic carbocycles. The number of nitrogens with zero attached hydrogens (tertiary/aromatic N) is 2. The highest BCUT2D eigenvalue weighted by Gasteiger charge is 2.15. The number of ether oxygens (including phenoxy) is 2. The van der Waals surface area contributed by atoms with Crippen molar-refractivity contribution in [3.63, 3.8) is 0 Å². The Bertz CT molecular complexity index is 1310. The van der Waals surface area contributed by atoms with Gasteiger partial charge in [0.1, 0.15) is 11.5 Å². The first-order valence-corrected chi connectivity index (χ1v) is 9.76. The van der Waals surface area contributed by atoms with Crippen LogP contribution in [-0.2, 0) is 6.54 Å². The zero-order valence-corrected chi connectivity index (χ0v) is 17.3. The van der Waals surface area contributed by atoms with Gasteiger partial charge in [-0.2, -0.15) is 0 Å². The smallest absolute Gasteiger partial charge is 0.261 e. The van der Waals surface area contributed by atoms with E-state index >= 15 is 0 Å². The van der Waals surface area contributed by atoms with E-state index < -0.39 is 0 Å². The fraction of sp³-hybridized carbons (Fsp3) is 0.120. The molecule has 0 radical (unpaired) electrons. The van der Waals surface area contributed by atoms with Gasteiger partial charge in [-0.15, -0.1) is 0 Å². The Morgan fingerprint density at radius 1 is 0.903 bits per heavy atom. The predicted octanol–water partition coefficient (Wildman–Crippen LogP) is 4.52. The van der Waals surface area contributed by atoms with E-state index in [1.807, 2.05) is 54.6 Å². The number of pyridine rings is 1. The second-order valence-corrected chi connectivity index (χ2v) is 6.98. The number of fused-ring (bicyclic) bond motifs is 1. The van der Waals surface area contributed by atoms with Crippen LogP contribution in [0.4, 0.5) is 5.69 Å². The van der Waals surface area contributed by atoms with Crippen molar-refractivity contribution in [1.29, 1.82) is 0 Å². The van der Waals surface area contributed by atoms with E-state index in [1.54, 1.807) is 38.6 Å². The first kappa shape index (κ1) is 20.2. The number of aromatic hydroxyl groups is 1. The van der Waals surface area contributed by atoms with Crippen molar-refractivity contribution < 1.29 is 14.6 Å². The van der Waals surface area contributed by atoms with Gasteiger partial charge in [0.25, 0.3) is 5.56 Å². The van der Waals surface area contributed by atoms with Crippen molar-refractivity contribution >= 4 is 22.7 Å². The van der Waals surface area contributed by atoms with Gasteiger partial charge in [0.05, 0.1) is 32.0 Å². The van der Waals surface area contributed by atoms with Gasteiger partial charge in [0.2, 0.25) is 5.88 Å². The van der Waals surface area contributed by atoms with E-state index in [2.05, 4.69) is 4.99 Å². The highest BCUT2D eigenvalue weighted by molar-refractivity contribution is 6.02. The predicted molar refractivity (Wildman–Crippen MR) is 122 cm³/mol. The van der Waals surface area contributed by atoms with Crippen molar-refractivity contribution in [2.45, 2.75) is 6.54 Å². The van der Waals surface area contributed by atoms with Crippen LogP contribution >= 0.6 is 0 Å². The maximum atomic E-state index is 13.1. The second-order valence-electron chi connectivity index (χ2n) is 6.98. The van der Waals surface area contributed by atoms with Crippen LogP contribution in [0.15, 0.2) is 82.6 Å². The van der Waals surface area contributed by atoms with Crippen molar-refractivity contribution in [3.05, 3.63) is 94.3 Å². The molecule has 0 atom stereocenters. The second kappa shape index (κ2) is 8.75. The molecule has 0 aliphatic rings. The Morgan fingerprint density at radius 2 is 1.61 bits per heavy atom. The quantitative estimate of drug-likeness (QED) is 0.471. The Balaban J connectivity index is 1.82. The molecule has 156 valence electrons. The summed E-state index contributed by atoms with van der Waals surface area (Å²) in [6.07, 6.45) is 1.58. The lowest BCUT2D eigenvalue weighted by Gasteiger charge is -2.14. The largest absolute Gasteiger partial charge is 0.497 e. The van der Waals surface area contributed by atoms with Crippen LogP contribution in [0.25, 0.3) is 10.8 Å². The molecule has 0 spiro atoms. The minimum absolute atomic E-state index is 0.133. The molecule has 0 amide bonds. The number of rotatable bonds is 6. The number of hydrogen-bond donors (Lipinski definition) is 1. The SMILES string of the molecule is COc1ccc(Cn2c(O)c(C=Nc3cccc(OC)c3)c3ccccc3c2=O)cc1. The molecule has 0 aliphatic heterocycles. The summed E-state index contributed by atoms with van der Waals surface area (Å²) in [5.74, 6) is 1.28. The average Bonchev–Trinajstić information content (AvgIpc) is 2.82. The van der Waals surface area contributed by atoms with Gasteiger partial charge in [-0.1, -0.05) is 36.4 Å². The lowest BCUT2D eigenvalue weighted by Crippen LogP contribution is -2.22. The normalized spacial score (nSPS) is 11.2. The summed E-state index contributed by atoms with van der Waals surface area (Å²) < 4.78 is 11.8. The van der Waals surface area contributed by atoms with E-state index in [4.69, 9.17) is 9.47 Å². The number of aliphatic imine (C=N–C) groups is 1. The Kier molecular flexibility index (Phi) is 5.71. The van der Waals surface area contributed by atoms with Crippen LogP contribution in [0, 0.1) is 0 Å². The average molecular weight is 414 g/mol. The van der Waals surface area contributed by atoms with Gasteiger partial charge >= 0.3 is 0 Å². The zero-order valence-electron chi connectivity index (χ0n) is 17.3. The van der Waals surface area contributed by atoms with E-state index in [1.165, 1.54) is 4.57 Å². The molecule has 3 aromatic carbocycles. The molecule has 0 saturated heterocycles. The number of benzene rings is 3. The number of aromatic nitrogens is 1. The molecule has 1 N–H and O–H groups in total. The molecule has 0 saturated carbocycles. The molecule has 1 heterocycles. The van der Waals surface area contributed by atoms with Gasteiger partial charge in [0, 0.05) is 23.1 Å². The van der Waals surface area contributed by atoms with Gasteiger partial charge in [-0.3, -0.25) is 14.4 Å². The fourth-order valence-corrected chi connectivity index (χ4v) is 3.43. The molecule has 6 heteroatoms. The van der Waals surface area contributed by atoms with Gasteiger partial charge in [-0.05, 0) is 35.9 Å². The highest BCUT2D eigenvalue weighted by Crippen LogP contribution is 2.26. The van der Waals surface area contributed by atoms with Gasteiger partial charge in [-0.25, -0.2) is 0 Å². The summed E-state index contributed by atoms with van der Waals surface area (Å²) in [6, 6.07) is 21.9. The molecule has 0 unspecified atom stereocenters. The van der Waals surface area contributed by atoms with Crippen LogP contribution in [0.3, 0.4) is 0 Å². The maximum absolute atomic E-state index is 13.1. The summed E-state index contributed by atoms with van der Waals surface area (Å²) in [7, 11) is 3.19. The Hall–Kier alpha value is -4.06. The minimum atomic E-state index is -0.262. The van der Waals surface area contributed by atoms with Crippen LogP contribution in [0.2, 0.25) is 0 Å². The summed E-state index contributed by atoms with van der Waals surface area (Å²) in [5, 5.41) is 12.2. The zero-order chi connectivity index (χ0) is 21.8. The van der Waals surface area contributed by atoms with Crippen molar-refractivity contribution in [1.82, 2.24) is 4.57 Å². The van der Waals surface area contributed by atoms with Gasteiger partial charge < -0.3 is 14.6 Å². The molecular formula is C25H22N2O4. The molecule has 6 nitrogen and oxygen atoms in total. The summed E-state index contributed by atoms with van der Waals surface area (Å²) in [5.41, 5.74) is 1.76. The minimum Gasteiger partial charge on any atom is -0.497 e. The van der Waals surface area contributed by atoms with Crippen LogP contribution in [-0.4, -0.2) is 30.1 Å². The summed E-state index contributed by atoms with van der Waals surface area (Å²) >= 11 is 0. The third-order valence-electron chi connectivity index (χ3n) is 5.09. The lowest BCUT2D eigenvalue weighted by molar-refractivity contribution is 0.412. The van der Waals surface area contributed by atoms with Crippen LogP contribution < -0.4 is 15.0 Å². The van der Waals surface area contributed by atoms with Crippen molar-refractivity contribution in [3.8, 4) is 17.4 Å². The third kappa shape index (κ3) is 4.14. The molecule has 0 bridgehead atoms. The first-order valence-electron chi connectivity index (χ1n) is 9.76. The maximum Gasteiger partial charge on any atom is 0.261 e. The Labute approximate surface area is 179 Å². The summed E-state index contributed by atoms with van der Waals surface area (Å²) in [6.45, 7) is 0.222. The monoisotopic (exact) mass is 414 g/mol. The molecule has 31 heavy (non-hydrogen) atoms. The van der Waals surface area contributed by atoms with Gasteiger partial charge in [0.15, 0.2) is 0 Å². The first-order chi connectivity index (χ1) is 15.1. The van der Waals surface area contributed by atoms with E-state index in [0.29, 0.717) is 27.8 Å². The van der Waals surface area contributed by atoms with E-state index in [-0.39, 0.29) is 18.0 Å². The standard InChI is InChI=1S/C25H22N2O4/c1-30-19-12-10-17(11-13-19)16-27-24(28)22-9-4-3-8-21(22)23(25(27)29)15-26-18-6-5-7-20(14-18)31-2/h3-15,29H,16H2,1-2H3. The van der Waals surface area contributed by atoms with Crippen LogP contribution in [0.5, 0.6) is 17.4 Å². The molecule has 1 aromatic heterocycles. The Morgan fingerprint density at radius 3 is 2.32 bits per heavy atom. The molecular weight excluding hydrogens is 392 g/mol. The molecule has 0 fully saturated rings. The molecule has 4 rings (SSSR count). The van der Waals surface area contributed by atoms with E-state index in [9.17, 15) is 9.90 Å². The number of methoxy groups -OCH3 is 2. The highest BCUT2D eigenvalue weighted by atomic mass is 16.5. The topological polar surface area (TPSA) is 73.1 Å². The van der Waals surface area contributed by atoms with Crippen molar-refractivity contribution in [2.24, 2.45) is 4.99 Å². The lowest BCUT2D eigenvalue weighted by atomic mass is 10.1. The third-order valence-corrected chi connectivity index (χ3v) is 5.09. The number of hydrogen-bond acceptors (Lipinski definition) is 5. The summed E-state index contributed by atoms with van der Waals surface area (Å²) in [4.78, 5) is 17.6.